The highest BCUT2D eigenvalue weighted by Gasteiger charge is 2.34. The summed E-state index contributed by atoms with van der Waals surface area (Å²) in [6.07, 6.45) is 3.04. The topological polar surface area (TPSA) is 101 Å². The molecule has 0 N–H and O–H groups in total. The molecule has 0 bridgehead atoms. The summed E-state index contributed by atoms with van der Waals surface area (Å²) in [4.78, 5) is 14.9. The Morgan fingerprint density at radius 3 is 2.45 bits per heavy atom. The number of aryl methyl sites for hydroxylation is 1. The zero-order valence-electron chi connectivity index (χ0n) is 18.0. The van der Waals surface area contributed by atoms with Crippen LogP contribution in [0.25, 0.3) is 0 Å². The molecule has 8 nitrogen and oxygen atoms in total. The first kappa shape index (κ1) is 24.2. The van der Waals surface area contributed by atoms with Crippen molar-refractivity contribution < 1.29 is 26.4 Å². The lowest BCUT2D eigenvalue weighted by atomic mass is 10.1. The van der Waals surface area contributed by atoms with Crippen LogP contribution >= 0.6 is 0 Å². The van der Waals surface area contributed by atoms with Crippen LogP contribution in [0.3, 0.4) is 0 Å². The van der Waals surface area contributed by atoms with E-state index in [2.05, 4.69) is 0 Å². The van der Waals surface area contributed by atoms with Gasteiger partial charge in [0, 0.05) is 32.1 Å². The number of sulfonamides is 1. The Balaban J connectivity index is 1.60. The van der Waals surface area contributed by atoms with Crippen LogP contribution in [0.5, 0.6) is 0 Å². The average molecular weight is 473 g/mol. The predicted molar refractivity (Wildman–Crippen MR) is 118 cm³/mol. The third-order valence-corrected chi connectivity index (χ3v) is 9.54. The number of sulfone groups is 1. The van der Waals surface area contributed by atoms with Crippen molar-refractivity contribution in [3.63, 3.8) is 0 Å². The van der Waals surface area contributed by atoms with Gasteiger partial charge in [-0.15, -0.1) is 0 Å². The normalized spacial score (nSPS) is 21.8. The number of carbonyl (C=O) groups excluding carboxylic acids is 1. The molecule has 0 radical (unpaired) electrons. The summed E-state index contributed by atoms with van der Waals surface area (Å²) in [7, 11) is -6.59. The van der Waals surface area contributed by atoms with Gasteiger partial charge in [-0.25, -0.2) is 16.8 Å². The van der Waals surface area contributed by atoms with Gasteiger partial charge in [-0.2, -0.15) is 4.31 Å². The highest BCUT2D eigenvalue weighted by atomic mass is 32.2. The van der Waals surface area contributed by atoms with E-state index in [4.69, 9.17) is 4.74 Å². The fraction of sp³-hybridized carbons (Fsp3) is 0.667. The Morgan fingerprint density at radius 1 is 1.19 bits per heavy atom. The molecule has 2 fully saturated rings. The van der Waals surface area contributed by atoms with Crippen molar-refractivity contribution in [2.24, 2.45) is 0 Å². The zero-order valence-corrected chi connectivity index (χ0v) is 19.7. The van der Waals surface area contributed by atoms with Crippen molar-refractivity contribution >= 4 is 25.8 Å². The maximum Gasteiger partial charge on any atom is 0.243 e. The number of amides is 1. The third kappa shape index (κ3) is 6.27. The van der Waals surface area contributed by atoms with Gasteiger partial charge in [0.1, 0.15) is 0 Å². The summed E-state index contributed by atoms with van der Waals surface area (Å²) < 4.78 is 55.8. The van der Waals surface area contributed by atoms with E-state index in [1.807, 2.05) is 6.92 Å². The van der Waals surface area contributed by atoms with E-state index in [0.717, 1.165) is 18.4 Å². The highest BCUT2D eigenvalue weighted by Crippen LogP contribution is 2.21. The van der Waals surface area contributed by atoms with Crippen molar-refractivity contribution in [1.82, 2.24) is 9.21 Å². The molecular weight excluding hydrogens is 440 g/mol. The van der Waals surface area contributed by atoms with Crippen LogP contribution < -0.4 is 0 Å². The second kappa shape index (κ2) is 10.4. The number of hydrogen-bond donors (Lipinski definition) is 0. The van der Waals surface area contributed by atoms with Gasteiger partial charge in [-0.05, 0) is 37.0 Å². The first-order chi connectivity index (χ1) is 14.7. The molecule has 1 aromatic carbocycles. The fourth-order valence-electron chi connectivity index (χ4n) is 4.02. The molecule has 2 aliphatic rings. The maximum absolute atomic E-state index is 12.9. The summed E-state index contributed by atoms with van der Waals surface area (Å²) in [5.41, 5.74) is 0.878. The summed E-state index contributed by atoms with van der Waals surface area (Å²) in [6, 6.07) is 6.44. The van der Waals surface area contributed by atoms with E-state index < -0.39 is 19.9 Å². The van der Waals surface area contributed by atoms with Crippen molar-refractivity contribution in [1.29, 1.82) is 0 Å². The van der Waals surface area contributed by atoms with Crippen LogP contribution in [-0.4, -0.2) is 82.3 Å². The maximum atomic E-state index is 12.9. The van der Waals surface area contributed by atoms with E-state index >= 15 is 0 Å². The fourth-order valence-corrected chi connectivity index (χ4v) is 7.16. The minimum absolute atomic E-state index is 0.0411. The molecular formula is C21H32N2O6S2. The van der Waals surface area contributed by atoms with Gasteiger partial charge in [0.15, 0.2) is 9.84 Å². The van der Waals surface area contributed by atoms with Crippen LogP contribution in [-0.2, 0) is 35.8 Å². The molecule has 1 atom stereocenters. The second-order valence-electron chi connectivity index (χ2n) is 8.16. The minimum Gasteiger partial charge on any atom is -0.379 e. The van der Waals surface area contributed by atoms with Gasteiger partial charge < -0.3 is 9.64 Å². The third-order valence-electron chi connectivity index (χ3n) is 5.88. The number of ether oxygens (including phenoxy) is 1. The average Bonchev–Trinajstić information content (AvgIpc) is 3.12. The molecule has 2 heterocycles. The van der Waals surface area contributed by atoms with Crippen molar-refractivity contribution in [2.45, 2.75) is 50.0 Å². The zero-order chi connectivity index (χ0) is 22.5. The Hall–Kier alpha value is -1.49. The monoisotopic (exact) mass is 472 g/mol. The van der Waals surface area contributed by atoms with Crippen LogP contribution in [0.15, 0.2) is 29.2 Å². The molecule has 174 valence electrons. The van der Waals surface area contributed by atoms with Crippen LogP contribution in [0, 0.1) is 0 Å². The SMILES string of the molecule is CCCCN(C(=O)CCc1ccc(S(=O)(=O)N2CCOCC2)cc1)C1CCS(=O)(=O)C1. The largest absolute Gasteiger partial charge is 0.379 e. The van der Waals surface area contributed by atoms with Gasteiger partial charge in [0.25, 0.3) is 0 Å². The van der Waals surface area contributed by atoms with E-state index in [9.17, 15) is 21.6 Å². The first-order valence-corrected chi connectivity index (χ1v) is 14.2. The lowest BCUT2D eigenvalue weighted by molar-refractivity contribution is -0.133. The number of carbonyl (C=O) groups is 1. The van der Waals surface area contributed by atoms with Gasteiger partial charge in [0.2, 0.25) is 15.9 Å². The molecule has 31 heavy (non-hydrogen) atoms. The molecule has 1 aromatic rings. The van der Waals surface area contributed by atoms with E-state index in [1.54, 1.807) is 29.2 Å². The molecule has 2 saturated heterocycles. The van der Waals surface area contributed by atoms with Crippen molar-refractivity contribution in [3.05, 3.63) is 29.8 Å². The Labute approximate surface area is 185 Å². The van der Waals surface area contributed by atoms with E-state index in [-0.39, 0.29) is 34.8 Å². The number of morpholine rings is 1. The molecule has 2 aliphatic heterocycles. The van der Waals surface area contributed by atoms with Crippen LogP contribution in [0.2, 0.25) is 0 Å². The van der Waals surface area contributed by atoms with Crippen LogP contribution in [0.1, 0.15) is 38.2 Å². The smallest absolute Gasteiger partial charge is 0.243 e. The first-order valence-electron chi connectivity index (χ1n) is 10.9. The molecule has 0 aliphatic carbocycles. The Bertz CT molecular complexity index is 954. The quantitative estimate of drug-likeness (QED) is 0.539. The minimum atomic E-state index is -3.53. The van der Waals surface area contributed by atoms with E-state index in [0.29, 0.717) is 45.7 Å². The molecule has 0 aromatic heterocycles. The number of hydrogen-bond acceptors (Lipinski definition) is 6. The predicted octanol–water partition coefficient (Wildman–Crippen LogP) is 1.46. The summed E-state index contributed by atoms with van der Waals surface area (Å²) in [5.74, 6) is 0.156. The molecule has 1 unspecified atom stereocenters. The van der Waals surface area contributed by atoms with Crippen LogP contribution in [0.4, 0.5) is 0 Å². The van der Waals surface area contributed by atoms with Crippen molar-refractivity contribution in [3.8, 4) is 0 Å². The number of benzene rings is 1. The molecule has 1 amide bonds. The number of nitrogens with zero attached hydrogens (tertiary/aromatic N) is 2. The van der Waals surface area contributed by atoms with Gasteiger partial charge in [-0.3, -0.25) is 4.79 Å². The summed E-state index contributed by atoms with van der Waals surface area (Å²) >= 11 is 0. The number of rotatable bonds is 9. The lowest BCUT2D eigenvalue weighted by Gasteiger charge is -2.28. The highest BCUT2D eigenvalue weighted by molar-refractivity contribution is 7.91. The van der Waals surface area contributed by atoms with Gasteiger partial charge in [0.05, 0.1) is 29.6 Å². The standard InChI is InChI=1S/C21H32N2O6S2/c1-2-3-11-23(19-10-16-30(25,26)17-19)21(24)9-6-18-4-7-20(8-5-18)31(27,28)22-12-14-29-15-13-22/h4-5,7-8,19H,2-3,6,9-17H2,1H3. The molecule has 3 rings (SSSR count). The van der Waals surface area contributed by atoms with Gasteiger partial charge >= 0.3 is 0 Å². The number of unbranched alkanes of at least 4 members (excludes halogenated alkanes) is 1. The second-order valence-corrected chi connectivity index (χ2v) is 12.3. The summed E-state index contributed by atoms with van der Waals surface area (Å²) in [5, 5.41) is 0. The molecule has 0 saturated carbocycles. The Kier molecular flexibility index (Phi) is 8.12. The Morgan fingerprint density at radius 2 is 1.87 bits per heavy atom. The lowest BCUT2D eigenvalue weighted by Crippen LogP contribution is -2.41. The van der Waals surface area contributed by atoms with Crippen molar-refractivity contribution in [2.75, 3.05) is 44.4 Å². The molecule has 10 heteroatoms. The van der Waals surface area contributed by atoms with E-state index in [1.165, 1.54) is 4.31 Å². The molecule has 0 spiro atoms. The summed E-state index contributed by atoms with van der Waals surface area (Å²) in [6.45, 7) is 4.12. The van der Waals surface area contributed by atoms with Gasteiger partial charge in [-0.1, -0.05) is 25.5 Å².